The lowest BCUT2D eigenvalue weighted by molar-refractivity contribution is -0.139. The largest absolute Gasteiger partial charge is 0.459 e. The molecule has 2 N–H and O–H groups in total. The number of hydrogen-bond donors (Lipinski definition) is 2. The van der Waals surface area contributed by atoms with Gasteiger partial charge in [-0.2, -0.15) is 0 Å². The summed E-state index contributed by atoms with van der Waals surface area (Å²) in [6, 6.07) is -0.121. The number of alkyl carbamates (subject to hydrolysis) is 2. The third kappa shape index (κ3) is 7.57. The number of nitrogens with one attached hydrogen (secondary N) is 2. The maximum atomic E-state index is 12.5. The fourth-order valence-corrected chi connectivity index (χ4v) is 5.69. The lowest BCUT2D eigenvalue weighted by atomic mass is 9.62. The van der Waals surface area contributed by atoms with Crippen LogP contribution in [0.15, 0.2) is 12.2 Å². The molecule has 0 spiro atoms. The molecule has 3 aliphatic rings. The van der Waals surface area contributed by atoms with E-state index in [1.54, 1.807) is 6.92 Å². The van der Waals surface area contributed by atoms with Crippen LogP contribution in [0.3, 0.4) is 0 Å². The lowest BCUT2D eigenvalue weighted by Gasteiger charge is -2.46. The molecule has 10 heteroatoms. The third-order valence-electron chi connectivity index (χ3n) is 6.84. The third-order valence-corrected chi connectivity index (χ3v) is 6.84. The summed E-state index contributed by atoms with van der Waals surface area (Å²) in [5.41, 5.74) is -0.00521. The van der Waals surface area contributed by atoms with Gasteiger partial charge < -0.3 is 34.3 Å². The van der Waals surface area contributed by atoms with Crippen LogP contribution in [-0.2, 0) is 28.5 Å². The molecule has 2 heterocycles. The molecule has 2 unspecified atom stereocenters. The first-order valence-electron chi connectivity index (χ1n) is 12.3. The molecule has 3 fully saturated rings. The Bertz CT molecular complexity index is 815. The summed E-state index contributed by atoms with van der Waals surface area (Å²) >= 11 is 0. The highest BCUT2D eigenvalue weighted by molar-refractivity contribution is 5.86. The van der Waals surface area contributed by atoms with Crippen molar-refractivity contribution in [1.82, 2.24) is 10.6 Å². The van der Waals surface area contributed by atoms with E-state index in [4.69, 9.17) is 23.7 Å². The van der Waals surface area contributed by atoms with Crippen LogP contribution in [0, 0.1) is 16.7 Å². The number of ether oxygens (including phenoxy) is 5. The van der Waals surface area contributed by atoms with E-state index in [0.29, 0.717) is 32.1 Å². The van der Waals surface area contributed by atoms with Crippen LogP contribution >= 0.6 is 0 Å². The second-order valence-electron chi connectivity index (χ2n) is 11.3. The Hall–Kier alpha value is -2.33. The molecule has 6 atom stereocenters. The number of rotatable bonds is 8. The fourth-order valence-electron chi connectivity index (χ4n) is 5.69. The molecular formula is C25H40N2O8. The summed E-state index contributed by atoms with van der Waals surface area (Å²) in [7, 11) is 0. The van der Waals surface area contributed by atoms with Crippen molar-refractivity contribution in [2.24, 2.45) is 16.7 Å². The van der Waals surface area contributed by atoms with Gasteiger partial charge in [0.15, 0.2) is 6.10 Å². The van der Waals surface area contributed by atoms with Crippen LogP contribution in [0.4, 0.5) is 9.59 Å². The first kappa shape index (κ1) is 27.3. The molecule has 3 rings (SSSR count). The zero-order chi connectivity index (χ0) is 25.8. The molecule has 35 heavy (non-hydrogen) atoms. The Morgan fingerprint density at radius 2 is 1.69 bits per heavy atom. The van der Waals surface area contributed by atoms with Gasteiger partial charge in [0.2, 0.25) is 0 Å². The van der Waals surface area contributed by atoms with Crippen LogP contribution in [-0.4, -0.2) is 75.5 Å². The predicted octanol–water partition coefficient (Wildman–Crippen LogP) is 2.95. The Balaban J connectivity index is 1.44. The van der Waals surface area contributed by atoms with Crippen LogP contribution in [0.25, 0.3) is 0 Å². The minimum absolute atomic E-state index is 0.0193. The van der Waals surface area contributed by atoms with E-state index >= 15 is 0 Å². The van der Waals surface area contributed by atoms with Crippen molar-refractivity contribution in [3.05, 3.63) is 12.2 Å². The van der Waals surface area contributed by atoms with Crippen LogP contribution in [0.1, 0.15) is 53.9 Å². The van der Waals surface area contributed by atoms with E-state index in [0.717, 1.165) is 12.8 Å². The first-order chi connectivity index (χ1) is 16.4. The second-order valence-corrected chi connectivity index (χ2v) is 11.3. The molecule has 0 radical (unpaired) electrons. The molecule has 0 bridgehead atoms. The number of carbonyl (C=O) groups is 3. The van der Waals surface area contributed by atoms with E-state index in [1.165, 1.54) is 0 Å². The van der Waals surface area contributed by atoms with Crippen molar-refractivity contribution >= 4 is 18.2 Å². The summed E-state index contributed by atoms with van der Waals surface area (Å²) in [5, 5.41) is 5.83. The maximum absolute atomic E-state index is 12.5. The molecule has 2 aliphatic heterocycles. The molecule has 2 saturated heterocycles. The molecule has 2 amide bonds. The van der Waals surface area contributed by atoms with Gasteiger partial charge in [-0.25, -0.2) is 14.4 Å². The molecular weight excluding hydrogens is 456 g/mol. The van der Waals surface area contributed by atoms with E-state index in [9.17, 15) is 14.4 Å². The smallest absolute Gasteiger partial charge is 0.407 e. The van der Waals surface area contributed by atoms with E-state index in [2.05, 4.69) is 44.9 Å². The van der Waals surface area contributed by atoms with Crippen molar-refractivity contribution in [2.75, 3.05) is 33.0 Å². The average Bonchev–Trinajstić information content (AvgIpc) is 3.31. The average molecular weight is 497 g/mol. The Labute approximate surface area is 207 Å². The van der Waals surface area contributed by atoms with Gasteiger partial charge in [0.05, 0.1) is 19.3 Å². The number of amides is 2. The van der Waals surface area contributed by atoms with Gasteiger partial charge in [-0.3, -0.25) is 0 Å². The lowest BCUT2D eigenvalue weighted by Crippen LogP contribution is -2.51. The van der Waals surface area contributed by atoms with Crippen LogP contribution in [0.2, 0.25) is 0 Å². The molecule has 0 aromatic carbocycles. The highest BCUT2D eigenvalue weighted by atomic mass is 16.6. The van der Waals surface area contributed by atoms with Crippen molar-refractivity contribution in [3.8, 4) is 0 Å². The highest BCUT2D eigenvalue weighted by Crippen LogP contribution is 2.45. The molecule has 0 aromatic rings. The number of fused-ring (bicyclic) bond motifs is 1. The quantitative estimate of drug-likeness (QED) is 0.228. The molecule has 0 aromatic heterocycles. The maximum Gasteiger partial charge on any atom is 0.407 e. The zero-order valence-electron chi connectivity index (χ0n) is 21.5. The second kappa shape index (κ2) is 11.2. The summed E-state index contributed by atoms with van der Waals surface area (Å²) < 4.78 is 27.2. The number of carbonyl (C=O) groups excluding carboxylic acids is 3. The number of esters is 1. The highest BCUT2D eigenvalue weighted by Gasteiger charge is 2.48. The zero-order valence-corrected chi connectivity index (χ0v) is 21.5. The molecule has 1 saturated carbocycles. The summed E-state index contributed by atoms with van der Waals surface area (Å²) in [5.74, 6) is -0.224. The molecule has 10 nitrogen and oxygen atoms in total. The standard InChI is InChI=1S/C25H40N2O8/c1-15(2)21(28)31-7-8-32-23(30)27-17-9-24(4,5)13-25(6,10-17)14-26-22(29)35-18-12-34-19-16(3)11-33-20(18)19/h16-20H,1,7-14H2,2-6H3,(H,26,29)(H,27,30)/t16-,17?,18+,19-,20-,25?/m1/s1. The van der Waals surface area contributed by atoms with Crippen LogP contribution < -0.4 is 10.6 Å². The normalized spacial score (nSPS) is 33.3. The van der Waals surface area contributed by atoms with Crippen molar-refractivity contribution in [1.29, 1.82) is 0 Å². The van der Waals surface area contributed by atoms with Crippen molar-refractivity contribution < 1.29 is 38.1 Å². The van der Waals surface area contributed by atoms with Crippen LogP contribution in [0.5, 0.6) is 0 Å². The summed E-state index contributed by atoms with van der Waals surface area (Å²) in [6.45, 7) is 14.8. The molecule has 1 aliphatic carbocycles. The van der Waals surface area contributed by atoms with E-state index in [1.807, 2.05) is 0 Å². The van der Waals surface area contributed by atoms with Crippen molar-refractivity contribution in [3.63, 3.8) is 0 Å². The number of hydrogen-bond acceptors (Lipinski definition) is 8. The first-order valence-corrected chi connectivity index (χ1v) is 12.3. The van der Waals surface area contributed by atoms with Gasteiger partial charge in [-0.15, -0.1) is 0 Å². The van der Waals surface area contributed by atoms with Gasteiger partial charge in [-0.1, -0.05) is 34.3 Å². The van der Waals surface area contributed by atoms with Gasteiger partial charge >= 0.3 is 18.2 Å². The van der Waals surface area contributed by atoms with Gasteiger partial charge in [-0.05, 0) is 37.0 Å². The van der Waals surface area contributed by atoms with Crippen molar-refractivity contribution in [2.45, 2.75) is 78.2 Å². The Morgan fingerprint density at radius 1 is 1.00 bits per heavy atom. The van der Waals surface area contributed by atoms with E-state index < -0.39 is 24.3 Å². The molecule has 198 valence electrons. The Kier molecular flexibility index (Phi) is 8.69. The van der Waals surface area contributed by atoms with Gasteiger partial charge in [0, 0.05) is 24.1 Å². The Morgan fingerprint density at radius 3 is 2.40 bits per heavy atom. The monoisotopic (exact) mass is 496 g/mol. The van der Waals surface area contributed by atoms with Gasteiger partial charge in [0.25, 0.3) is 0 Å². The topological polar surface area (TPSA) is 121 Å². The minimum Gasteiger partial charge on any atom is -0.459 e. The fraction of sp³-hybridized carbons (Fsp3) is 0.800. The van der Waals surface area contributed by atoms with Gasteiger partial charge in [0.1, 0.15) is 19.3 Å². The summed E-state index contributed by atoms with van der Waals surface area (Å²) in [4.78, 5) is 36.2. The minimum atomic E-state index is -0.560. The summed E-state index contributed by atoms with van der Waals surface area (Å²) in [6.07, 6.45) is 0.662. The predicted molar refractivity (Wildman–Crippen MR) is 127 cm³/mol. The van der Waals surface area contributed by atoms with E-state index in [-0.39, 0.29) is 47.9 Å². The SMILES string of the molecule is C=C(C)C(=O)OCCOC(=O)NC1CC(C)(C)CC(C)(CNC(=O)O[C@H]2CO[C@H]3[C@@H]2OC[C@H]3C)C1.